The van der Waals surface area contributed by atoms with Crippen molar-refractivity contribution in [3.05, 3.63) is 29.6 Å². The van der Waals surface area contributed by atoms with Gasteiger partial charge in [0.1, 0.15) is 0 Å². The van der Waals surface area contributed by atoms with E-state index in [-0.39, 0.29) is 5.41 Å². The molecule has 1 aromatic rings. The van der Waals surface area contributed by atoms with Gasteiger partial charge in [0.2, 0.25) is 0 Å². The summed E-state index contributed by atoms with van der Waals surface area (Å²) >= 11 is 0. The highest BCUT2D eigenvalue weighted by Crippen LogP contribution is 2.19. The molecule has 0 saturated carbocycles. The molecule has 0 spiro atoms. The zero-order valence-corrected chi connectivity index (χ0v) is 11.3. The average Bonchev–Trinajstić information content (AvgIpc) is 2.01. The molecule has 1 heterocycles. The van der Waals surface area contributed by atoms with Crippen molar-refractivity contribution >= 4 is 0 Å². The van der Waals surface area contributed by atoms with E-state index in [0.717, 1.165) is 11.6 Å². The Balaban J connectivity index is 0.000000423. The van der Waals surface area contributed by atoms with Gasteiger partial charge in [0, 0.05) is 17.3 Å². The first-order chi connectivity index (χ1) is 6.73. The Morgan fingerprint density at radius 1 is 1.07 bits per heavy atom. The van der Waals surface area contributed by atoms with Crippen LogP contribution in [0.1, 0.15) is 52.8 Å². The number of hydrogen-bond donors (Lipinski definition) is 0. The van der Waals surface area contributed by atoms with Crippen molar-refractivity contribution in [2.45, 2.75) is 53.9 Å². The molecule has 0 saturated heterocycles. The Morgan fingerprint density at radius 3 is 1.80 bits per heavy atom. The maximum atomic E-state index is 4.35. The number of rotatable bonds is 0. The van der Waals surface area contributed by atoms with Crippen LogP contribution in [-0.4, -0.2) is 4.98 Å². The molecule has 0 radical (unpaired) electrons. The quantitative estimate of drug-likeness (QED) is 0.616. The van der Waals surface area contributed by atoms with E-state index in [1.54, 1.807) is 0 Å². The summed E-state index contributed by atoms with van der Waals surface area (Å²) in [5, 5.41) is 0. The molecule has 1 heteroatoms. The van der Waals surface area contributed by atoms with Gasteiger partial charge in [0.05, 0.1) is 0 Å². The molecule has 0 aliphatic rings. The minimum absolute atomic E-state index is 0.174. The van der Waals surface area contributed by atoms with E-state index in [0.29, 0.717) is 0 Å². The average molecular weight is 207 g/mol. The van der Waals surface area contributed by atoms with Crippen LogP contribution in [0.15, 0.2) is 18.3 Å². The van der Waals surface area contributed by atoms with Gasteiger partial charge in [-0.3, -0.25) is 4.98 Å². The van der Waals surface area contributed by atoms with E-state index in [1.807, 2.05) is 6.20 Å². The van der Waals surface area contributed by atoms with Crippen LogP contribution < -0.4 is 0 Å². The lowest BCUT2D eigenvalue weighted by atomic mass is 9.91. The molecule has 0 aliphatic heterocycles. The SMILES string of the molecule is CC(C)C.Cc1ccc(C(C)(C)C)nc1. The van der Waals surface area contributed by atoms with Gasteiger partial charge in [-0.2, -0.15) is 0 Å². The molecule has 0 N–H and O–H groups in total. The van der Waals surface area contributed by atoms with Crippen LogP contribution in [0, 0.1) is 12.8 Å². The Hall–Kier alpha value is -0.850. The molecule has 0 fully saturated rings. The first-order valence-corrected chi connectivity index (χ1v) is 5.66. The standard InChI is InChI=1S/C10H15N.C4H10/c1-8-5-6-9(11-7-8)10(2,3)4;1-4(2)3/h5-7H,1-4H3;4H,1-3H3. The maximum absolute atomic E-state index is 4.35. The fourth-order valence-corrected chi connectivity index (χ4v) is 0.911. The lowest BCUT2D eigenvalue weighted by Crippen LogP contribution is -2.12. The number of aryl methyl sites for hydroxylation is 1. The van der Waals surface area contributed by atoms with E-state index in [9.17, 15) is 0 Å². The fourth-order valence-electron chi connectivity index (χ4n) is 0.911. The van der Waals surface area contributed by atoms with E-state index >= 15 is 0 Å². The number of pyridine rings is 1. The van der Waals surface area contributed by atoms with Gasteiger partial charge in [-0.15, -0.1) is 0 Å². The van der Waals surface area contributed by atoms with Gasteiger partial charge >= 0.3 is 0 Å². The molecule has 0 atom stereocenters. The van der Waals surface area contributed by atoms with Gasteiger partial charge in [-0.05, 0) is 24.5 Å². The molecular weight excluding hydrogens is 182 g/mol. The monoisotopic (exact) mass is 207 g/mol. The van der Waals surface area contributed by atoms with E-state index in [4.69, 9.17) is 0 Å². The third kappa shape index (κ3) is 7.12. The van der Waals surface area contributed by atoms with Crippen LogP contribution in [0.3, 0.4) is 0 Å². The van der Waals surface area contributed by atoms with Crippen molar-refractivity contribution in [1.82, 2.24) is 4.98 Å². The molecule has 1 rings (SSSR count). The van der Waals surface area contributed by atoms with Crippen molar-refractivity contribution in [2.24, 2.45) is 5.92 Å². The third-order valence-corrected chi connectivity index (χ3v) is 1.68. The second-order valence-corrected chi connectivity index (χ2v) is 5.70. The predicted molar refractivity (Wildman–Crippen MR) is 68.2 cm³/mol. The van der Waals surface area contributed by atoms with E-state index in [2.05, 4.69) is 65.6 Å². The molecule has 86 valence electrons. The highest BCUT2D eigenvalue weighted by molar-refractivity contribution is 5.17. The zero-order chi connectivity index (χ0) is 12.1. The molecule has 1 aromatic heterocycles. The topological polar surface area (TPSA) is 12.9 Å². The highest BCUT2D eigenvalue weighted by atomic mass is 14.7. The summed E-state index contributed by atoms with van der Waals surface area (Å²) in [6, 6.07) is 4.20. The van der Waals surface area contributed by atoms with Crippen LogP contribution in [-0.2, 0) is 5.41 Å². The summed E-state index contributed by atoms with van der Waals surface area (Å²) in [5.41, 5.74) is 2.55. The number of aromatic nitrogens is 1. The van der Waals surface area contributed by atoms with Crippen molar-refractivity contribution in [1.29, 1.82) is 0 Å². The lowest BCUT2D eigenvalue weighted by Gasteiger charge is -2.16. The Morgan fingerprint density at radius 2 is 1.53 bits per heavy atom. The summed E-state index contributed by atoms with van der Waals surface area (Å²) in [6.07, 6.45) is 1.92. The van der Waals surface area contributed by atoms with Crippen molar-refractivity contribution < 1.29 is 0 Å². The summed E-state index contributed by atoms with van der Waals surface area (Å²) < 4.78 is 0. The van der Waals surface area contributed by atoms with E-state index < -0.39 is 0 Å². The van der Waals surface area contributed by atoms with Crippen molar-refractivity contribution in [3.8, 4) is 0 Å². The second kappa shape index (κ2) is 5.89. The minimum atomic E-state index is 0.174. The first kappa shape index (κ1) is 14.2. The van der Waals surface area contributed by atoms with Gasteiger partial charge in [-0.1, -0.05) is 47.6 Å². The molecule has 0 aliphatic carbocycles. The van der Waals surface area contributed by atoms with Crippen LogP contribution in [0.2, 0.25) is 0 Å². The van der Waals surface area contributed by atoms with Crippen LogP contribution >= 0.6 is 0 Å². The molecule has 0 amide bonds. The second-order valence-electron chi connectivity index (χ2n) is 5.70. The predicted octanol–water partition coefficient (Wildman–Crippen LogP) is 4.35. The van der Waals surface area contributed by atoms with Crippen molar-refractivity contribution in [3.63, 3.8) is 0 Å². The Bertz CT molecular complexity index is 262. The summed E-state index contributed by atoms with van der Waals surface area (Å²) in [5.74, 6) is 0.833. The molecule has 1 nitrogen and oxygen atoms in total. The highest BCUT2D eigenvalue weighted by Gasteiger charge is 2.13. The number of nitrogens with zero attached hydrogens (tertiary/aromatic N) is 1. The van der Waals surface area contributed by atoms with E-state index in [1.165, 1.54) is 5.56 Å². The molecule has 0 unspecified atom stereocenters. The van der Waals surface area contributed by atoms with Gasteiger partial charge < -0.3 is 0 Å². The zero-order valence-electron chi connectivity index (χ0n) is 11.3. The summed E-state index contributed by atoms with van der Waals surface area (Å²) in [6.45, 7) is 15.1. The van der Waals surface area contributed by atoms with Gasteiger partial charge in [0.25, 0.3) is 0 Å². The van der Waals surface area contributed by atoms with Crippen LogP contribution in [0.4, 0.5) is 0 Å². The van der Waals surface area contributed by atoms with Gasteiger partial charge in [-0.25, -0.2) is 0 Å². The molecule has 0 bridgehead atoms. The Labute approximate surface area is 94.9 Å². The smallest absolute Gasteiger partial charge is 0.0457 e. The molecule has 0 aromatic carbocycles. The summed E-state index contributed by atoms with van der Waals surface area (Å²) in [7, 11) is 0. The molecule has 15 heavy (non-hydrogen) atoms. The lowest BCUT2D eigenvalue weighted by molar-refractivity contribution is 0.568. The first-order valence-electron chi connectivity index (χ1n) is 5.66. The normalized spacial score (nSPS) is 10.9. The largest absolute Gasteiger partial charge is 0.260 e. The minimum Gasteiger partial charge on any atom is -0.260 e. The van der Waals surface area contributed by atoms with Crippen LogP contribution in [0.25, 0.3) is 0 Å². The van der Waals surface area contributed by atoms with Crippen LogP contribution in [0.5, 0.6) is 0 Å². The summed E-state index contributed by atoms with van der Waals surface area (Å²) in [4.78, 5) is 4.35. The Kier molecular flexibility index (Phi) is 5.56. The maximum Gasteiger partial charge on any atom is 0.0457 e. The number of hydrogen-bond acceptors (Lipinski definition) is 1. The third-order valence-electron chi connectivity index (χ3n) is 1.68. The molecular formula is C14H25N. The van der Waals surface area contributed by atoms with Crippen molar-refractivity contribution in [2.75, 3.05) is 0 Å². The van der Waals surface area contributed by atoms with Gasteiger partial charge in [0.15, 0.2) is 0 Å². The fraction of sp³-hybridized carbons (Fsp3) is 0.643.